The fraction of sp³-hybridized carbons (Fsp3) is 0.192. The highest BCUT2D eigenvalue weighted by molar-refractivity contribution is 6.30. The number of nitrogens with one attached hydrogen (secondary N) is 1. The first-order chi connectivity index (χ1) is 15.2. The zero-order chi connectivity index (χ0) is 21.2. The van der Waals surface area contributed by atoms with Crippen LogP contribution in [0.3, 0.4) is 0 Å². The van der Waals surface area contributed by atoms with Gasteiger partial charge in [-0.15, -0.1) is 0 Å². The molecule has 0 radical (unpaired) electrons. The molecule has 5 heteroatoms. The lowest BCUT2D eigenvalue weighted by molar-refractivity contribution is 0.313. The molecule has 31 heavy (non-hydrogen) atoms. The molecule has 1 aromatic heterocycles. The number of rotatable bonds is 4. The Bertz CT molecular complexity index is 1180. The molecule has 2 heterocycles. The molecule has 0 amide bonds. The highest BCUT2D eigenvalue weighted by Gasteiger charge is 2.14. The number of hydrogen-bond donors (Lipinski definition) is 1. The van der Waals surface area contributed by atoms with Crippen molar-refractivity contribution in [1.82, 2.24) is 9.88 Å². The SMILES string of the molecule is CN1CCN(c2ccc(Nc3nccc4ccc(-c5ccc(Cl)cc5)cc34)cc2)CC1. The minimum atomic E-state index is 0.744. The minimum Gasteiger partial charge on any atom is -0.369 e. The van der Waals surface area contributed by atoms with Gasteiger partial charge in [-0.05, 0) is 72.1 Å². The molecule has 0 unspecified atom stereocenters. The third-order valence-electron chi connectivity index (χ3n) is 5.94. The lowest BCUT2D eigenvalue weighted by Crippen LogP contribution is -2.44. The van der Waals surface area contributed by atoms with E-state index in [1.54, 1.807) is 0 Å². The fourth-order valence-corrected chi connectivity index (χ4v) is 4.17. The molecule has 0 saturated carbocycles. The van der Waals surface area contributed by atoms with E-state index in [1.165, 1.54) is 5.69 Å². The summed E-state index contributed by atoms with van der Waals surface area (Å²) in [5.74, 6) is 0.862. The number of pyridine rings is 1. The van der Waals surface area contributed by atoms with E-state index in [4.69, 9.17) is 11.6 Å². The molecule has 0 spiro atoms. The van der Waals surface area contributed by atoms with E-state index >= 15 is 0 Å². The van der Waals surface area contributed by atoms with Crippen LogP contribution in [0.2, 0.25) is 5.02 Å². The van der Waals surface area contributed by atoms with Crippen LogP contribution in [0.4, 0.5) is 17.2 Å². The predicted molar refractivity (Wildman–Crippen MR) is 132 cm³/mol. The first-order valence-electron chi connectivity index (χ1n) is 10.6. The first-order valence-corrected chi connectivity index (χ1v) is 11.0. The molecule has 5 rings (SSSR count). The normalized spacial score (nSPS) is 14.7. The van der Waals surface area contributed by atoms with E-state index in [1.807, 2.05) is 36.5 Å². The maximum absolute atomic E-state index is 6.05. The Balaban J connectivity index is 1.41. The minimum absolute atomic E-state index is 0.744. The Morgan fingerprint density at radius 2 is 1.52 bits per heavy atom. The van der Waals surface area contributed by atoms with Crippen molar-refractivity contribution >= 4 is 39.6 Å². The van der Waals surface area contributed by atoms with Gasteiger partial charge in [-0.1, -0.05) is 35.9 Å². The number of halogens is 1. The van der Waals surface area contributed by atoms with E-state index in [0.717, 1.165) is 64.6 Å². The second-order valence-electron chi connectivity index (χ2n) is 8.06. The molecule has 1 aliphatic rings. The topological polar surface area (TPSA) is 31.4 Å². The number of benzene rings is 3. The Morgan fingerprint density at radius 1 is 0.806 bits per heavy atom. The van der Waals surface area contributed by atoms with E-state index in [0.29, 0.717) is 0 Å². The molecule has 1 fully saturated rings. The molecule has 1 aliphatic heterocycles. The third-order valence-corrected chi connectivity index (χ3v) is 6.19. The molecule has 1 N–H and O–H groups in total. The van der Waals surface area contributed by atoms with Crippen molar-refractivity contribution in [3.63, 3.8) is 0 Å². The molecular weight excluding hydrogens is 404 g/mol. The monoisotopic (exact) mass is 428 g/mol. The highest BCUT2D eigenvalue weighted by Crippen LogP contribution is 2.30. The second kappa shape index (κ2) is 8.58. The van der Waals surface area contributed by atoms with Gasteiger partial charge in [0.25, 0.3) is 0 Å². The number of hydrogen-bond acceptors (Lipinski definition) is 4. The Labute approximate surface area is 188 Å². The van der Waals surface area contributed by atoms with Crippen LogP contribution in [0.5, 0.6) is 0 Å². The summed E-state index contributed by atoms with van der Waals surface area (Å²) in [6, 6.07) is 25.1. The van der Waals surface area contributed by atoms with Crippen molar-refractivity contribution in [2.45, 2.75) is 0 Å². The summed E-state index contributed by atoms with van der Waals surface area (Å²) in [4.78, 5) is 9.44. The highest BCUT2D eigenvalue weighted by atomic mass is 35.5. The number of piperazine rings is 1. The Hall–Kier alpha value is -3.08. The van der Waals surface area contributed by atoms with Gasteiger partial charge in [-0.2, -0.15) is 0 Å². The number of anilines is 3. The van der Waals surface area contributed by atoms with Crippen molar-refractivity contribution in [1.29, 1.82) is 0 Å². The number of aromatic nitrogens is 1. The number of fused-ring (bicyclic) bond motifs is 1. The molecule has 156 valence electrons. The van der Waals surface area contributed by atoms with E-state index in [-0.39, 0.29) is 0 Å². The number of nitrogens with zero attached hydrogens (tertiary/aromatic N) is 3. The zero-order valence-electron chi connectivity index (χ0n) is 17.6. The van der Waals surface area contributed by atoms with Gasteiger partial charge < -0.3 is 15.1 Å². The summed E-state index contributed by atoms with van der Waals surface area (Å²) in [5, 5.41) is 6.51. The summed E-state index contributed by atoms with van der Waals surface area (Å²) >= 11 is 6.05. The molecule has 0 atom stereocenters. The van der Waals surface area contributed by atoms with Crippen LogP contribution in [0, 0.1) is 0 Å². The Morgan fingerprint density at radius 3 is 2.26 bits per heavy atom. The Kier molecular flexibility index (Phi) is 5.49. The largest absolute Gasteiger partial charge is 0.369 e. The van der Waals surface area contributed by atoms with Crippen molar-refractivity contribution < 1.29 is 0 Å². The van der Waals surface area contributed by atoms with Crippen molar-refractivity contribution in [3.05, 3.63) is 84.0 Å². The smallest absolute Gasteiger partial charge is 0.138 e. The van der Waals surface area contributed by atoms with Crippen LogP contribution in [0.15, 0.2) is 79.0 Å². The molecule has 0 bridgehead atoms. The van der Waals surface area contributed by atoms with Gasteiger partial charge in [0.05, 0.1) is 0 Å². The van der Waals surface area contributed by atoms with Crippen molar-refractivity contribution in [3.8, 4) is 11.1 Å². The van der Waals surface area contributed by atoms with Crippen LogP contribution in [0.1, 0.15) is 0 Å². The third kappa shape index (κ3) is 4.36. The van der Waals surface area contributed by atoms with Crippen molar-refractivity contribution in [2.24, 2.45) is 0 Å². The zero-order valence-corrected chi connectivity index (χ0v) is 18.3. The van der Waals surface area contributed by atoms with Crippen LogP contribution < -0.4 is 10.2 Å². The summed E-state index contributed by atoms with van der Waals surface area (Å²) in [5.41, 5.74) is 4.59. The average molecular weight is 429 g/mol. The first kappa shape index (κ1) is 19.9. The fourth-order valence-electron chi connectivity index (χ4n) is 4.05. The molecule has 0 aliphatic carbocycles. The maximum Gasteiger partial charge on any atom is 0.138 e. The predicted octanol–water partition coefficient (Wildman–Crippen LogP) is 6.05. The van der Waals surface area contributed by atoms with E-state index in [2.05, 4.69) is 69.6 Å². The molecular formula is C26H25ClN4. The van der Waals surface area contributed by atoms with Crippen LogP contribution in [0.25, 0.3) is 21.9 Å². The lowest BCUT2D eigenvalue weighted by Gasteiger charge is -2.34. The summed E-state index contributed by atoms with van der Waals surface area (Å²) in [6.07, 6.45) is 1.85. The van der Waals surface area contributed by atoms with Crippen LogP contribution in [-0.2, 0) is 0 Å². The van der Waals surface area contributed by atoms with Gasteiger partial charge in [-0.3, -0.25) is 0 Å². The van der Waals surface area contributed by atoms with Gasteiger partial charge >= 0.3 is 0 Å². The lowest BCUT2D eigenvalue weighted by atomic mass is 10.0. The molecule has 4 aromatic rings. The van der Waals surface area contributed by atoms with Gasteiger partial charge in [0.15, 0.2) is 0 Å². The molecule has 4 nitrogen and oxygen atoms in total. The van der Waals surface area contributed by atoms with Gasteiger partial charge in [0.2, 0.25) is 0 Å². The van der Waals surface area contributed by atoms with Crippen LogP contribution in [-0.4, -0.2) is 43.1 Å². The maximum atomic E-state index is 6.05. The van der Waals surface area contributed by atoms with Gasteiger partial charge in [-0.25, -0.2) is 4.98 Å². The number of likely N-dealkylation sites (N-methyl/N-ethyl adjacent to an activating group) is 1. The standard InChI is InChI=1S/C26H25ClN4/c1-30-14-16-31(17-15-30)24-10-8-23(9-11-24)29-26-25-18-21(3-2-20(25)12-13-28-26)19-4-6-22(27)7-5-19/h2-13,18H,14-17H2,1H3,(H,28,29). The summed E-state index contributed by atoms with van der Waals surface area (Å²) in [6.45, 7) is 4.36. The van der Waals surface area contributed by atoms with E-state index in [9.17, 15) is 0 Å². The van der Waals surface area contributed by atoms with Gasteiger partial charge in [0.1, 0.15) is 5.82 Å². The molecule has 3 aromatic carbocycles. The summed E-state index contributed by atoms with van der Waals surface area (Å²) < 4.78 is 0. The van der Waals surface area contributed by atoms with Crippen LogP contribution >= 0.6 is 11.6 Å². The van der Waals surface area contributed by atoms with Gasteiger partial charge in [0, 0.05) is 54.2 Å². The van der Waals surface area contributed by atoms with Crippen molar-refractivity contribution in [2.75, 3.05) is 43.4 Å². The van der Waals surface area contributed by atoms with E-state index < -0.39 is 0 Å². The summed E-state index contributed by atoms with van der Waals surface area (Å²) in [7, 11) is 2.18. The molecule has 1 saturated heterocycles. The second-order valence-corrected chi connectivity index (χ2v) is 8.50. The quantitative estimate of drug-likeness (QED) is 0.428. The average Bonchev–Trinajstić information content (AvgIpc) is 2.81.